The first-order chi connectivity index (χ1) is 9.39. The average Bonchev–Trinajstić information content (AvgIpc) is 2.43. The van der Waals surface area contributed by atoms with Gasteiger partial charge in [0.05, 0.1) is 10.6 Å². The third kappa shape index (κ3) is 3.94. The summed E-state index contributed by atoms with van der Waals surface area (Å²) in [6.45, 7) is 4.80. The predicted octanol–water partition coefficient (Wildman–Crippen LogP) is 4.07. The van der Waals surface area contributed by atoms with Crippen LogP contribution in [-0.2, 0) is 0 Å². The van der Waals surface area contributed by atoms with E-state index < -0.39 is 11.4 Å². The highest BCUT2D eigenvalue weighted by molar-refractivity contribution is 6.30. The monoisotopic (exact) mass is 299 g/mol. The third-order valence-corrected chi connectivity index (χ3v) is 4.68. The molecule has 0 aliphatic heterocycles. The number of nitrogens with one attached hydrogen (secondary N) is 1. The molecule has 0 bridgehead atoms. The van der Waals surface area contributed by atoms with E-state index in [1.165, 1.54) is 6.07 Å². The lowest BCUT2D eigenvalue weighted by molar-refractivity contribution is -0.00783. The molecule has 1 atom stereocenters. The molecule has 1 aromatic carbocycles. The lowest BCUT2D eigenvalue weighted by Crippen LogP contribution is -2.44. The van der Waals surface area contributed by atoms with E-state index in [-0.39, 0.29) is 11.1 Å². The predicted molar refractivity (Wildman–Crippen MR) is 80.4 cm³/mol. The van der Waals surface area contributed by atoms with Gasteiger partial charge in [0.15, 0.2) is 0 Å². The molecule has 2 N–H and O–H groups in total. The quantitative estimate of drug-likeness (QED) is 0.878. The Morgan fingerprint density at radius 3 is 2.70 bits per heavy atom. The van der Waals surface area contributed by atoms with Crippen LogP contribution in [0.3, 0.4) is 0 Å². The molecule has 0 saturated heterocycles. The Morgan fingerprint density at radius 1 is 1.45 bits per heavy atom. The van der Waals surface area contributed by atoms with Crippen molar-refractivity contribution in [2.45, 2.75) is 51.2 Å². The zero-order valence-electron chi connectivity index (χ0n) is 12.1. The van der Waals surface area contributed by atoms with Gasteiger partial charge in [0.25, 0.3) is 0 Å². The largest absolute Gasteiger partial charge is 0.389 e. The maximum absolute atomic E-state index is 13.1. The molecule has 1 saturated carbocycles. The van der Waals surface area contributed by atoms with Crippen LogP contribution in [-0.4, -0.2) is 17.3 Å². The van der Waals surface area contributed by atoms with Crippen LogP contribution < -0.4 is 5.32 Å². The Bertz CT molecular complexity index is 458. The highest BCUT2D eigenvalue weighted by atomic mass is 35.5. The van der Waals surface area contributed by atoms with Gasteiger partial charge in [-0.05, 0) is 56.2 Å². The molecule has 1 fully saturated rings. The second kappa shape index (κ2) is 6.42. The average molecular weight is 300 g/mol. The zero-order chi connectivity index (χ0) is 14.8. The highest BCUT2D eigenvalue weighted by Gasteiger charge is 2.31. The van der Waals surface area contributed by atoms with Gasteiger partial charge in [0, 0.05) is 12.6 Å². The summed E-state index contributed by atoms with van der Waals surface area (Å²) in [6, 6.07) is 4.79. The second-order valence-electron chi connectivity index (χ2n) is 6.18. The fourth-order valence-electron chi connectivity index (χ4n) is 2.72. The van der Waals surface area contributed by atoms with Crippen molar-refractivity contribution in [1.82, 2.24) is 5.32 Å². The fourth-order valence-corrected chi connectivity index (χ4v) is 2.91. The SMILES string of the molecule is CC1CCC(O)(CNC(C)c2ccc(F)c(Cl)c2)CC1. The number of halogens is 2. The molecule has 112 valence electrons. The zero-order valence-corrected chi connectivity index (χ0v) is 12.9. The van der Waals surface area contributed by atoms with E-state index in [1.54, 1.807) is 12.1 Å². The standard InChI is InChI=1S/C16H23ClFNO/c1-11-5-7-16(20,8-6-11)10-19-12(2)13-3-4-15(18)14(17)9-13/h3-4,9,11-12,19-20H,5-8,10H2,1-2H3. The van der Waals surface area contributed by atoms with Gasteiger partial charge in [-0.25, -0.2) is 4.39 Å². The molecule has 0 heterocycles. The summed E-state index contributed by atoms with van der Waals surface area (Å²) >= 11 is 5.80. The minimum Gasteiger partial charge on any atom is -0.389 e. The Labute approximate surface area is 125 Å². The van der Waals surface area contributed by atoms with Crippen LogP contribution in [0.25, 0.3) is 0 Å². The molecular formula is C16H23ClFNO. The van der Waals surface area contributed by atoms with Gasteiger partial charge in [-0.3, -0.25) is 0 Å². The van der Waals surface area contributed by atoms with Gasteiger partial charge in [-0.15, -0.1) is 0 Å². The molecule has 0 radical (unpaired) electrons. The van der Waals surface area contributed by atoms with Crippen molar-refractivity contribution in [1.29, 1.82) is 0 Å². The molecule has 2 nitrogen and oxygen atoms in total. The van der Waals surface area contributed by atoms with E-state index in [0.717, 1.165) is 31.2 Å². The summed E-state index contributed by atoms with van der Waals surface area (Å²) in [5, 5.41) is 14.0. The third-order valence-electron chi connectivity index (χ3n) is 4.39. The molecule has 1 unspecified atom stereocenters. The van der Waals surface area contributed by atoms with Crippen molar-refractivity contribution in [3.05, 3.63) is 34.6 Å². The number of rotatable bonds is 4. The topological polar surface area (TPSA) is 32.3 Å². The first-order valence-electron chi connectivity index (χ1n) is 7.30. The minimum absolute atomic E-state index is 0.0384. The van der Waals surface area contributed by atoms with E-state index in [9.17, 15) is 9.50 Å². The van der Waals surface area contributed by atoms with Crippen molar-refractivity contribution < 1.29 is 9.50 Å². The smallest absolute Gasteiger partial charge is 0.141 e. The summed E-state index contributed by atoms with van der Waals surface area (Å²) in [6.07, 6.45) is 3.85. The summed E-state index contributed by atoms with van der Waals surface area (Å²) in [4.78, 5) is 0. The van der Waals surface area contributed by atoms with E-state index in [1.807, 2.05) is 6.92 Å². The summed E-state index contributed by atoms with van der Waals surface area (Å²) in [7, 11) is 0. The van der Waals surface area contributed by atoms with Crippen LogP contribution in [0.4, 0.5) is 4.39 Å². The van der Waals surface area contributed by atoms with Gasteiger partial charge in [0.2, 0.25) is 0 Å². The number of hydrogen-bond donors (Lipinski definition) is 2. The lowest BCUT2D eigenvalue weighted by atomic mass is 9.79. The van der Waals surface area contributed by atoms with Crippen LogP contribution in [0.15, 0.2) is 18.2 Å². The van der Waals surface area contributed by atoms with Crippen molar-refractivity contribution in [3.8, 4) is 0 Å². The number of benzene rings is 1. The van der Waals surface area contributed by atoms with E-state index in [0.29, 0.717) is 12.5 Å². The van der Waals surface area contributed by atoms with E-state index >= 15 is 0 Å². The summed E-state index contributed by atoms with van der Waals surface area (Å²) in [5.41, 5.74) is 0.328. The van der Waals surface area contributed by atoms with Crippen molar-refractivity contribution >= 4 is 11.6 Å². The maximum atomic E-state index is 13.1. The minimum atomic E-state index is -0.607. The molecule has 1 aliphatic rings. The van der Waals surface area contributed by atoms with Gasteiger partial charge in [0.1, 0.15) is 5.82 Å². The summed E-state index contributed by atoms with van der Waals surface area (Å²) < 4.78 is 13.1. The molecular weight excluding hydrogens is 277 g/mol. The Hall–Kier alpha value is -0.640. The lowest BCUT2D eigenvalue weighted by Gasteiger charge is -2.36. The highest BCUT2D eigenvalue weighted by Crippen LogP contribution is 2.32. The Kier molecular flexibility index (Phi) is 5.05. The number of hydrogen-bond acceptors (Lipinski definition) is 2. The fraction of sp³-hybridized carbons (Fsp3) is 0.625. The normalized spacial score (nSPS) is 28.4. The molecule has 4 heteroatoms. The van der Waals surface area contributed by atoms with Crippen molar-refractivity contribution in [3.63, 3.8) is 0 Å². The van der Waals surface area contributed by atoms with Crippen molar-refractivity contribution in [2.24, 2.45) is 5.92 Å². The van der Waals surface area contributed by atoms with Crippen molar-refractivity contribution in [2.75, 3.05) is 6.54 Å². The van der Waals surface area contributed by atoms with Gasteiger partial charge in [-0.2, -0.15) is 0 Å². The van der Waals surface area contributed by atoms with Crippen LogP contribution in [0.1, 0.15) is 51.1 Å². The van der Waals surface area contributed by atoms with Crippen LogP contribution >= 0.6 is 11.6 Å². The van der Waals surface area contributed by atoms with Gasteiger partial charge in [-0.1, -0.05) is 24.6 Å². The molecule has 1 aliphatic carbocycles. The second-order valence-corrected chi connectivity index (χ2v) is 6.59. The first-order valence-corrected chi connectivity index (χ1v) is 7.68. The molecule has 1 aromatic rings. The van der Waals surface area contributed by atoms with Crippen LogP contribution in [0.2, 0.25) is 5.02 Å². The van der Waals surface area contributed by atoms with Gasteiger partial charge >= 0.3 is 0 Å². The first kappa shape index (κ1) is 15.7. The summed E-state index contributed by atoms with van der Waals surface area (Å²) in [5.74, 6) is 0.311. The molecule has 0 aromatic heterocycles. The van der Waals surface area contributed by atoms with Crippen LogP contribution in [0.5, 0.6) is 0 Å². The molecule has 20 heavy (non-hydrogen) atoms. The van der Waals surface area contributed by atoms with E-state index in [2.05, 4.69) is 12.2 Å². The maximum Gasteiger partial charge on any atom is 0.141 e. The Morgan fingerprint density at radius 2 is 2.10 bits per heavy atom. The molecule has 2 rings (SSSR count). The van der Waals surface area contributed by atoms with Crippen LogP contribution in [0, 0.1) is 11.7 Å². The van der Waals surface area contributed by atoms with Gasteiger partial charge < -0.3 is 10.4 Å². The number of aliphatic hydroxyl groups is 1. The molecule has 0 spiro atoms. The molecule has 0 amide bonds. The van der Waals surface area contributed by atoms with E-state index in [4.69, 9.17) is 11.6 Å². The Balaban J connectivity index is 1.91.